The molecule has 1 aromatic heterocycles. The largest absolute Gasteiger partial charge is 0.365 e. The van der Waals surface area contributed by atoms with Crippen molar-refractivity contribution >= 4 is 57.3 Å². The second kappa shape index (κ2) is 8.98. The Morgan fingerprint density at radius 3 is 2.47 bits per heavy atom. The fourth-order valence-electron chi connectivity index (χ4n) is 2.96. The maximum atomic E-state index is 12.3. The number of benzene rings is 3. The molecule has 4 aromatic rings. The minimum absolute atomic E-state index is 0.375. The molecule has 30 heavy (non-hydrogen) atoms. The molecule has 0 radical (unpaired) electrons. The highest BCUT2D eigenvalue weighted by Gasteiger charge is 2.07. The quantitative estimate of drug-likeness (QED) is 0.347. The van der Waals surface area contributed by atoms with Crippen molar-refractivity contribution in [1.29, 1.82) is 0 Å². The summed E-state index contributed by atoms with van der Waals surface area (Å²) >= 11 is 11.9. The van der Waals surface area contributed by atoms with Crippen LogP contribution >= 0.6 is 23.2 Å². The lowest BCUT2D eigenvalue weighted by Crippen LogP contribution is -2.19. The van der Waals surface area contributed by atoms with E-state index in [0.717, 1.165) is 22.3 Å². The van der Waals surface area contributed by atoms with Crippen LogP contribution < -0.4 is 16.0 Å². The van der Waals surface area contributed by atoms with Crippen molar-refractivity contribution in [1.82, 2.24) is 9.97 Å². The molecule has 3 N–H and O–H groups in total. The molecule has 0 saturated heterocycles. The summed E-state index contributed by atoms with van der Waals surface area (Å²) in [6, 6.07) is 19.9. The molecular formula is C22H17Cl2N5O. The average Bonchev–Trinajstić information content (AvgIpc) is 2.75. The molecule has 0 atom stereocenters. The summed E-state index contributed by atoms with van der Waals surface area (Å²) in [5.41, 5.74) is 3.09. The highest BCUT2D eigenvalue weighted by atomic mass is 35.5. The van der Waals surface area contributed by atoms with Gasteiger partial charge in [-0.3, -0.25) is 0 Å². The minimum Gasteiger partial charge on any atom is -0.365 e. The van der Waals surface area contributed by atoms with Gasteiger partial charge >= 0.3 is 6.03 Å². The Morgan fingerprint density at radius 1 is 0.833 bits per heavy atom. The van der Waals surface area contributed by atoms with E-state index < -0.39 is 0 Å². The van der Waals surface area contributed by atoms with Crippen LogP contribution in [0.15, 0.2) is 73.1 Å². The molecule has 0 fully saturated rings. The predicted molar refractivity (Wildman–Crippen MR) is 122 cm³/mol. The number of rotatable bonds is 5. The molecule has 4 rings (SSSR count). The number of carbonyl (C=O) groups is 1. The van der Waals surface area contributed by atoms with Gasteiger partial charge in [-0.15, -0.1) is 0 Å². The van der Waals surface area contributed by atoms with Crippen molar-refractivity contribution in [2.45, 2.75) is 6.54 Å². The molecule has 0 saturated carbocycles. The molecule has 0 bridgehead atoms. The van der Waals surface area contributed by atoms with Gasteiger partial charge in [-0.2, -0.15) is 0 Å². The van der Waals surface area contributed by atoms with Gasteiger partial charge < -0.3 is 16.0 Å². The Balaban J connectivity index is 1.41. The number of aromatic nitrogens is 2. The van der Waals surface area contributed by atoms with Gasteiger partial charge in [-0.25, -0.2) is 14.8 Å². The van der Waals surface area contributed by atoms with Crippen LogP contribution in [0.25, 0.3) is 10.9 Å². The zero-order chi connectivity index (χ0) is 20.9. The monoisotopic (exact) mass is 437 g/mol. The van der Waals surface area contributed by atoms with E-state index >= 15 is 0 Å². The van der Waals surface area contributed by atoms with Gasteiger partial charge in [0.2, 0.25) is 0 Å². The number of halogens is 2. The zero-order valence-corrected chi connectivity index (χ0v) is 17.2. The first kappa shape index (κ1) is 19.9. The maximum Gasteiger partial charge on any atom is 0.323 e. The first-order chi connectivity index (χ1) is 14.6. The molecule has 0 aliphatic rings. The standard InChI is InChI=1S/C22H17Cl2N5O/c23-18-9-8-16(11-19(18)24)29-22(30)28-15-5-3-4-14(10-15)12-25-21-17-6-1-2-7-20(17)26-13-27-21/h1-11,13H,12H2,(H,25,26,27)(H2,28,29,30). The van der Waals surface area contributed by atoms with Gasteiger partial charge in [0.15, 0.2) is 0 Å². The summed E-state index contributed by atoms with van der Waals surface area (Å²) in [7, 11) is 0. The van der Waals surface area contributed by atoms with E-state index in [4.69, 9.17) is 23.2 Å². The van der Waals surface area contributed by atoms with Crippen LogP contribution in [0.4, 0.5) is 22.0 Å². The number of hydrogen-bond acceptors (Lipinski definition) is 4. The predicted octanol–water partition coefficient (Wildman–Crippen LogP) is 6.19. The topological polar surface area (TPSA) is 78.9 Å². The van der Waals surface area contributed by atoms with Crippen molar-refractivity contribution < 1.29 is 4.79 Å². The van der Waals surface area contributed by atoms with Crippen molar-refractivity contribution in [2.75, 3.05) is 16.0 Å². The lowest BCUT2D eigenvalue weighted by Gasteiger charge is -2.11. The number of fused-ring (bicyclic) bond motifs is 1. The number of urea groups is 1. The van der Waals surface area contributed by atoms with Crippen LogP contribution in [-0.4, -0.2) is 16.0 Å². The third-order valence-electron chi connectivity index (χ3n) is 4.37. The summed E-state index contributed by atoms with van der Waals surface area (Å²) in [5, 5.41) is 10.6. The summed E-state index contributed by atoms with van der Waals surface area (Å²) in [6.45, 7) is 0.547. The van der Waals surface area contributed by atoms with E-state index in [9.17, 15) is 4.79 Å². The molecule has 0 unspecified atom stereocenters. The van der Waals surface area contributed by atoms with Crippen molar-refractivity contribution in [3.05, 3.63) is 88.7 Å². The SMILES string of the molecule is O=C(Nc1cccc(CNc2ncnc3ccccc23)c1)Nc1ccc(Cl)c(Cl)c1. The van der Waals surface area contributed by atoms with E-state index in [1.165, 1.54) is 6.33 Å². The number of hydrogen-bond donors (Lipinski definition) is 3. The van der Waals surface area contributed by atoms with Crippen LogP contribution in [0.5, 0.6) is 0 Å². The second-order valence-corrected chi connectivity index (χ2v) is 7.32. The smallest absolute Gasteiger partial charge is 0.323 e. The van der Waals surface area contributed by atoms with Gasteiger partial charge in [-0.1, -0.05) is 47.5 Å². The van der Waals surface area contributed by atoms with Crippen LogP contribution in [-0.2, 0) is 6.54 Å². The number of anilines is 3. The molecule has 6 nitrogen and oxygen atoms in total. The first-order valence-corrected chi connectivity index (χ1v) is 9.90. The Hall–Kier alpha value is -3.35. The van der Waals surface area contributed by atoms with Crippen LogP contribution in [0.3, 0.4) is 0 Å². The lowest BCUT2D eigenvalue weighted by atomic mass is 10.2. The Morgan fingerprint density at radius 2 is 1.63 bits per heavy atom. The Kier molecular flexibility index (Phi) is 5.97. The third kappa shape index (κ3) is 4.79. The molecule has 8 heteroatoms. The van der Waals surface area contributed by atoms with E-state index in [-0.39, 0.29) is 6.03 Å². The van der Waals surface area contributed by atoms with Crippen molar-refractivity contribution in [2.24, 2.45) is 0 Å². The number of nitrogens with zero attached hydrogens (tertiary/aromatic N) is 2. The van der Waals surface area contributed by atoms with Gasteiger partial charge in [0, 0.05) is 23.3 Å². The number of nitrogens with one attached hydrogen (secondary N) is 3. The maximum absolute atomic E-state index is 12.3. The van der Waals surface area contributed by atoms with Crippen LogP contribution in [0, 0.1) is 0 Å². The highest BCUT2D eigenvalue weighted by Crippen LogP contribution is 2.25. The summed E-state index contributed by atoms with van der Waals surface area (Å²) in [4.78, 5) is 20.9. The fourth-order valence-corrected chi connectivity index (χ4v) is 3.26. The normalized spacial score (nSPS) is 10.6. The number of amides is 2. The fraction of sp³-hybridized carbons (Fsp3) is 0.0455. The van der Waals surface area contributed by atoms with Gasteiger partial charge in [0.05, 0.1) is 15.6 Å². The summed E-state index contributed by atoms with van der Waals surface area (Å²) < 4.78 is 0. The Labute approximate surface area is 183 Å². The molecule has 3 aromatic carbocycles. The molecule has 1 heterocycles. The number of carbonyl (C=O) groups excluding carboxylic acids is 1. The van der Waals surface area contributed by atoms with E-state index in [1.807, 2.05) is 48.5 Å². The molecule has 0 spiro atoms. The summed E-state index contributed by atoms with van der Waals surface area (Å²) in [5.74, 6) is 0.760. The average molecular weight is 438 g/mol. The first-order valence-electron chi connectivity index (χ1n) is 9.14. The second-order valence-electron chi connectivity index (χ2n) is 6.50. The van der Waals surface area contributed by atoms with Gasteiger partial charge in [0.25, 0.3) is 0 Å². The van der Waals surface area contributed by atoms with Crippen molar-refractivity contribution in [3.8, 4) is 0 Å². The molecular weight excluding hydrogens is 421 g/mol. The third-order valence-corrected chi connectivity index (χ3v) is 5.10. The lowest BCUT2D eigenvalue weighted by molar-refractivity contribution is 0.262. The van der Waals surface area contributed by atoms with Gasteiger partial charge in [0.1, 0.15) is 12.1 Å². The van der Waals surface area contributed by atoms with E-state index in [0.29, 0.717) is 28.0 Å². The molecule has 0 aliphatic carbocycles. The van der Waals surface area contributed by atoms with Gasteiger partial charge in [-0.05, 0) is 48.0 Å². The molecule has 2 amide bonds. The number of para-hydroxylation sites is 1. The van der Waals surface area contributed by atoms with Crippen LogP contribution in [0.2, 0.25) is 10.0 Å². The van der Waals surface area contributed by atoms with Crippen molar-refractivity contribution in [3.63, 3.8) is 0 Å². The molecule has 150 valence electrons. The zero-order valence-electron chi connectivity index (χ0n) is 15.7. The van der Waals surface area contributed by atoms with Crippen LogP contribution in [0.1, 0.15) is 5.56 Å². The van der Waals surface area contributed by atoms with E-state index in [1.54, 1.807) is 18.2 Å². The Bertz CT molecular complexity index is 1210. The minimum atomic E-state index is -0.375. The summed E-state index contributed by atoms with van der Waals surface area (Å²) in [6.07, 6.45) is 1.54. The van der Waals surface area contributed by atoms with E-state index in [2.05, 4.69) is 25.9 Å². The highest BCUT2D eigenvalue weighted by molar-refractivity contribution is 6.42. The molecule has 0 aliphatic heterocycles.